The predicted molar refractivity (Wildman–Crippen MR) is 120 cm³/mol. The molecule has 1 saturated heterocycles. The molecule has 0 spiro atoms. The number of aryl methyl sites for hydroxylation is 1. The predicted octanol–water partition coefficient (Wildman–Crippen LogP) is 4.22. The number of nitrogens with zero attached hydrogens (tertiary/aromatic N) is 4. The van der Waals surface area contributed by atoms with Crippen LogP contribution in [-0.4, -0.2) is 26.4 Å². The number of anilines is 2. The van der Waals surface area contributed by atoms with Crippen molar-refractivity contribution in [3.05, 3.63) is 76.7 Å². The molecule has 2 amide bonds. The Bertz CT molecular complexity index is 1230. The van der Waals surface area contributed by atoms with Crippen LogP contribution in [0.4, 0.5) is 11.5 Å². The van der Waals surface area contributed by atoms with Crippen molar-refractivity contribution in [3.8, 4) is 0 Å². The van der Waals surface area contributed by atoms with Crippen molar-refractivity contribution in [2.75, 3.05) is 10.2 Å². The van der Waals surface area contributed by atoms with E-state index in [0.717, 1.165) is 16.1 Å². The average molecular weight is 432 g/mol. The molecular weight excluding hydrogens is 410 g/mol. The largest absolute Gasteiger partial charge is 0.310 e. The SMILES string of the molecule is Cc1ccc(N2C(=O)CCC(C(=O)Nc3ccnc4ccnn34)C2c2cccs2)cc1. The van der Waals surface area contributed by atoms with E-state index in [1.165, 1.54) is 0 Å². The molecule has 1 aromatic carbocycles. The number of hydrogen-bond acceptors (Lipinski definition) is 5. The first kappa shape index (κ1) is 19.4. The molecule has 156 valence electrons. The van der Waals surface area contributed by atoms with Crippen LogP contribution in [-0.2, 0) is 9.59 Å². The van der Waals surface area contributed by atoms with Gasteiger partial charge in [0.1, 0.15) is 5.82 Å². The summed E-state index contributed by atoms with van der Waals surface area (Å²) in [6.45, 7) is 2.01. The van der Waals surface area contributed by atoms with Crippen molar-refractivity contribution in [1.29, 1.82) is 0 Å². The van der Waals surface area contributed by atoms with E-state index in [0.29, 0.717) is 24.3 Å². The maximum absolute atomic E-state index is 13.5. The molecule has 5 rings (SSSR count). The van der Waals surface area contributed by atoms with Crippen LogP contribution in [0.1, 0.15) is 29.3 Å². The molecule has 31 heavy (non-hydrogen) atoms. The molecule has 1 N–H and O–H groups in total. The minimum atomic E-state index is -0.392. The van der Waals surface area contributed by atoms with E-state index < -0.39 is 5.92 Å². The van der Waals surface area contributed by atoms with Crippen LogP contribution in [0.5, 0.6) is 0 Å². The van der Waals surface area contributed by atoms with Gasteiger partial charge in [-0.1, -0.05) is 23.8 Å². The van der Waals surface area contributed by atoms with E-state index in [1.54, 1.807) is 45.3 Å². The first-order chi connectivity index (χ1) is 15.1. The van der Waals surface area contributed by atoms with Gasteiger partial charge in [-0.15, -0.1) is 11.3 Å². The van der Waals surface area contributed by atoms with E-state index >= 15 is 0 Å². The molecule has 7 nitrogen and oxygen atoms in total. The number of rotatable bonds is 4. The molecule has 0 bridgehead atoms. The summed E-state index contributed by atoms with van der Waals surface area (Å²) in [6.07, 6.45) is 4.10. The number of nitrogens with one attached hydrogen (secondary N) is 1. The fourth-order valence-corrected chi connectivity index (χ4v) is 4.99. The number of amides is 2. The Morgan fingerprint density at radius 2 is 1.97 bits per heavy atom. The zero-order valence-corrected chi connectivity index (χ0v) is 17.7. The molecule has 2 unspecified atom stereocenters. The lowest BCUT2D eigenvalue weighted by Gasteiger charge is -2.40. The summed E-state index contributed by atoms with van der Waals surface area (Å²) in [4.78, 5) is 33.5. The van der Waals surface area contributed by atoms with Gasteiger partial charge < -0.3 is 10.2 Å². The highest BCUT2D eigenvalue weighted by molar-refractivity contribution is 7.10. The molecule has 4 heterocycles. The summed E-state index contributed by atoms with van der Waals surface area (Å²) < 4.78 is 1.60. The fraction of sp³-hybridized carbons (Fsp3) is 0.217. The van der Waals surface area contributed by atoms with Crippen LogP contribution in [0.3, 0.4) is 0 Å². The van der Waals surface area contributed by atoms with Gasteiger partial charge in [-0.05, 0) is 43.0 Å². The van der Waals surface area contributed by atoms with Gasteiger partial charge in [-0.2, -0.15) is 9.61 Å². The lowest BCUT2D eigenvalue weighted by Crippen LogP contribution is -2.46. The molecule has 1 aliphatic heterocycles. The van der Waals surface area contributed by atoms with Crippen LogP contribution < -0.4 is 10.2 Å². The van der Waals surface area contributed by atoms with Crippen LogP contribution in [0.2, 0.25) is 0 Å². The number of fused-ring (bicyclic) bond motifs is 1. The first-order valence-electron chi connectivity index (χ1n) is 10.1. The van der Waals surface area contributed by atoms with Gasteiger partial charge in [0, 0.05) is 29.2 Å². The van der Waals surface area contributed by atoms with Crippen LogP contribution in [0, 0.1) is 12.8 Å². The van der Waals surface area contributed by atoms with Gasteiger partial charge in [-0.25, -0.2) is 4.98 Å². The van der Waals surface area contributed by atoms with Crippen LogP contribution >= 0.6 is 11.3 Å². The monoisotopic (exact) mass is 431 g/mol. The minimum absolute atomic E-state index is 0.0321. The lowest BCUT2D eigenvalue weighted by molar-refractivity contribution is -0.125. The molecule has 8 heteroatoms. The highest BCUT2D eigenvalue weighted by Crippen LogP contribution is 2.42. The number of hydrogen-bond donors (Lipinski definition) is 1. The summed E-state index contributed by atoms with van der Waals surface area (Å²) >= 11 is 1.56. The second-order valence-corrected chi connectivity index (χ2v) is 8.60. The fourth-order valence-electron chi connectivity index (χ4n) is 4.11. The van der Waals surface area contributed by atoms with E-state index in [9.17, 15) is 9.59 Å². The van der Waals surface area contributed by atoms with Gasteiger partial charge in [0.15, 0.2) is 5.65 Å². The Balaban J connectivity index is 1.52. The standard InChI is InChI=1S/C23H21N5O2S/c1-15-4-6-16(7-5-15)27-21(29)9-8-17(22(27)18-3-2-14-31-18)23(30)26-20-10-12-24-19-11-13-25-28(19)20/h2-7,10-14,17,22H,8-9H2,1H3,(H,26,30). The highest BCUT2D eigenvalue weighted by Gasteiger charge is 2.42. The number of carbonyl (C=O) groups excluding carboxylic acids is 2. The minimum Gasteiger partial charge on any atom is -0.310 e. The maximum Gasteiger partial charge on any atom is 0.231 e. The van der Waals surface area contributed by atoms with Crippen molar-refractivity contribution < 1.29 is 9.59 Å². The molecule has 2 atom stereocenters. The third-order valence-electron chi connectivity index (χ3n) is 5.62. The number of aromatic nitrogens is 3. The molecule has 0 radical (unpaired) electrons. The molecule has 1 fully saturated rings. The Morgan fingerprint density at radius 3 is 2.74 bits per heavy atom. The first-order valence-corrected chi connectivity index (χ1v) is 11.0. The molecule has 0 aliphatic carbocycles. The molecule has 0 saturated carbocycles. The quantitative estimate of drug-likeness (QED) is 0.525. The lowest BCUT2D eigenvalue weighted by atomic mass is 9.86. The molecule has 1 aliphatic rings. The second kappa shape index (κ2) is 7.96. The van der Waals surface area contributed by atoms with Crippen molar-refractivity contribution in [1.82, 2.24) is 14.6 Å². The number of carbonyl (C=O) groups is 2. The maximum atomic E-state index is 13.5. The van der Waals surface area contributed by atoms with Crippen LogP contribution in [0.15, 0.2) is 66.3 Å². The Labute approximate surface area is 183 Å². The van der Waals surface area contributed by atoms with Gasteiger partial charge in [-0.3, -0.25) is 9.59 Å². The normalized spacial score (nSPS) is 19.0. The second-order valence-electron chi connectivity index (χ2n) is 7.63. The summed E-state index contributed by atoms with van der Waals surface area (Å²) in [6, 6.07) is 15.0. The van der Waals surface area contributed by atoms with Crippen LogP contribution in [0.25, 0.3) is 5.65 Å². The van der Waals surface area contributed by atoms with Crippen molar-refractivity contribution in [2.45, 2.75) is 25.8 Å². The Kier molecular flexibility index (Phi) is 4.99. The molecular formula is C23H21N5O2S. The Morgan fingerprint density at radius 1 is 1.13 bits per heavy atom. The number of thiophene rings is 1. The van der Waals surface area contributed by atoms with Gasteiger partial charge in [0.25, 0.3) is 0 Å². The van der Waals surface area contributed by atoms with E-state index in [-0.39, 0.29) is 17.9 Å². The smallest absolute Gasteiger partial charge is 0.231 e. The third-order valence-corrected chi connectivity index (χ3v) is 6.57. The molecule has 4 aromatic rings. The van der Waals surface area contributed by atoms with Gasteiger partial charge >= 0.3 is 0 Å². The zero-order valence-electron chi connectivity index (χ0n) is 16.9. The topological polar surface area (TPSA) is 79.6 Å². The molecule has 3 aromatic heterocycles. The number of benzene rings is 1. The summed E-state index contributed by atoms with van der Waals surface area (Å²) in [5.74, 6) is 0.0656. The summed E-state index contributed by atoms with van der Waals surface area (Å²) in [7, 11) is 0. The van der Waals surface area contributed by atoms with E-state index in [1.807, 2.05) is 48.7 Å². The Hall–Kier alpha value is -3.52. The highest BCUT2D eigenvalue weighted by atomic mass is 32.1. The van der Waals surface area contributed by atoms with Crippen molar-refractivity contribution in [3.63, 3.8) is 0 Å². The summed E-state index contributed by atoms with van der Waals surface area (Å²) in [5, 5.41) is 9.24. The van der Waals surface area contributed by atoms with E-state index in [4.69, 9.17) is 0 Å². The van der Waals surface area contributed by atoms with Gasteiger partial charge in [0.2, 0.25) is 11.8 Å². The summed E-state index contributed by atoms with van der Waals surface area (Å²) in [5.41, 5.74) is 2.59. The van der Waals surface area contributed by atoms with E-state index in [2.05, 4.69) is 15.4 Å². The van der Waals surface area contributed by atoms with Crippen molar-refractivity contribution in [2.24, 2.45) is 5.92 Å². The third kappa shape index (κ3) is 3.59. The average Bonchev–Trinajstić information content (AvgIpc) is 3.47. The zero-order chi connectivity index (χ0) is 21.4. The van der Waals surface area contributed by atoms with Crippen molar-refractivity contribution >= 4 is 40.3 Å². The van der Waals surface area contributed by atoms with Gasteiger partial charge in [0.05, 0.1) is 18.2 Å². The number of piperidine rings is 1.